The van der Waals surface area contributed by atoms with Crippen molar-refractivity contribution in [3.63, 3.8) is 0 Å². The Labute approximate surface area is 236 Å². The summed E-state index contributed by atoms with van der Waals surface area (Å²) in [5.41, 5.74) is -0.808. The zero-order valence-corrected chi connectivity index (χ0v) is 22.7. The molecule has 0 spiro atoms. The highest BCUT2D eigenvalue weighted by Crippen LogP contribution is 2.57. The van der Waals surface area contributed by atoms with Gasteiger partial charge in [0, 0.05) is 30.0 Å². The number of methoxy groups -OCH3 is 1. The first-order valence-corrected chi connectivity index (χ1v) is 14.3. The maximum Gasteiger partial charge on any atom is 0.257 e. The highest BCUT2D eigenvalue weighted by Gasteiger charge is 2.59. The molecule has 0 unspecified atom stereocenters. The zero-order valence-electron chi connectivity index (χ0n) is 21.9. The van der Waals surface area contributed by atoms with E-state index in [0.717, 1.165) is 12.1 Å². The van der Waals surface area contributed by atoms with Crippen molar-refractivity contribution in [1.29, 1.82) is 0 Å². The van der Waals surface area contributed by atoms with Gasteiger partial charge in [0.2, 0.25) is 15.3 Å². The molecule has 1 amide bonds. The second-order valence-electron chi connectivity index (χ2n) is 9.93. The van der Waals surface area contributed by atoms with Gasteiger partial charge in [0.1, 0.15) is 10.6 Å². The lowest BCUT2D eigenvalue weighted by molar-refractivity contribution is 0.0949. The van der Waals surface area contributed by atoms with Crippen LogP contribution in [0.25, 0.3) is 22.3 Å². The van der Waals surface area contributed by atoms with Gasteiger partial charge in [-0.2, -0.15) is 0 Å². The molecule has 3 aromatic heterocycles. The Kier molecular flexibility index (Phi) is 6.75. The molecule has 2 atom stereocenters. The number of alkyl halides is 3. The minimum absolute atomic E-state index is 0.129. The van der Waals surface area contributed by atoms with E-state index in [2.05, 4.69) is 20.3 Å². The first-order chi connectivity index (χ1) is 20.0. The fourth-order valence-electron chi connectivity index (χ4n) is 4.70. The molecule has 1 fully saturated rings. The topological polar surface area (TPSA) is 120 Å². The molecule has 42 heavy (non-hydrogen) atoms. The first-order valence-electron chi connectivity index (χ1n) is 12.8. The van der Waals surface area contributed by atoms with Crippen LogP contribution in [-0.2, 0) is 16.4 Å². The lowest BCUT2D eigenvalue weighted by Crippen LogP contribution is -2.24. The van der Waals surface area contributed by atoms with E-state index in [-0.39, 0.29) is 36.6 Å². The Balaban J connectivity index is 1.24. The molecule has 1 aliphatic carbocycles. The molecule has 9 nitrogen and oxygen atoms in total. The van der Waals surface area contributed by atoms with Crippen LogP contribution in [0, 0.1) is 5.82 Å². The van der Waals surface area contributed by atoms with Gasteiger partial charge >= 0.3 is 0 Å². The number of fused-ring (bicyclic) bond motifs is 2. The molecule has 1 aromatic carbocycles. The third-order valence-corrected chi connectivity index (χ3v) is 8.92. The van der Waals surface area contributed by atoms with Crippen molar-refractivity contribution in [2.45, 2.75) is 41.6 Å². The van der Waals surface area contributed by atoms with Gasteiger partial charge in [-0.25, -0.2) is 35.9 Å². The lowest BCUT2D eigenvalue weighted by atomic mass is 10.1. The number of hydrogen-bond acceptors (Lipinski definition) is 8. The third kappa shape index (κ3) is 4.99. The zero-order chi connectivity index (χ0) is 29.8. The quantitative estimate of drug-likeness (QED) is 0.314. The molecule has 0 saturated heterocycles. The van der Waals surface area contributed by atoms with Crippen LogP contribution in [0.1, 0.15) is 40.5 Å². The highest BCUT2D eigenvalue weighted by molar-refractivity contribution is 7.92. The van der Waals surface area contributed by atoms with E-state index in [1.54, 1.807) is 30.3 Å². The molecule has 218 valence electrons. The third-order valence-electron chi connectivity index (χ3n) is 7.09. The number of nitrogens with zero attached hydrogens (tertiary/aromatic N) is 3. The van der Waals surface area contributed by atoms with Crippen molar-refractivity contribution < 1.29 is 40.2 Å². The van der Waals surface area contributed by atoms with Crippen LogP contribution in [0.4, 0.5) is 17.6 Å². The summed E-state index contributed by atoms with van der Waals surface area (Å²) < 4.78 is 91.6. The lowest BCUT2D eigenvalue weighted by Gasteiger charge is -2.12. The Morgan fingerprint density at radius 1 is 1.14 bits per heavy atom. The van der Waals surface area contributed by atoms with Crippen LogP contribution in [0.3, 0.4) is 0 Å². The van der Waals surface area contributed by atoms with Crippen LogP contribution in [0.15, 0.2) is 53.6 Å². The second kappa shape index (κ2) is 10.2. The van der Waals surface area contributed by atoms with E-state index in [1.165, 1.54) is 13.3 Å². The average molecular weight is 603 g/mol. The van der Waals surface area contributed by atoms with E-state index < -0.39 is 56.0 Å². The summed E-state index contributed by atoms with van der Waals surface area (Å²) in [5, 5.41) is 3.20. The molecule has 4 aromatic rings. The van der Waals surface area contributed by atoms with Crippen molar-refractivity contribution in [2.75, 3.05) is 13.7 Å². The Hall–Kier alpha value is -4.33. The largest absolute Gasteiger partial charge is 0.495 e. The minimum Gasteiger partial charge on any atom is -0.495 e. The van der Waals surface area contributed by atoms with Gasteiger partial charge in [0.05, 0.1) is 54.5 Å². The molecule has 0 radical (unpaired) electrons. The molecule has 6 rings (SSSR count). The van der Waals surface area contributed by atoms with Gasteiger partial charge in [0.25, 0.3) is 11.8 Å². The number of hydrogen-bond donors (Lipinski definition) is 1. The molecule has 4 heterocycles. The molecule has 1 N–H and O–H groups in total. The van der Waals surface area contributed by atoms with Gasteiger partial charge < -0.3 is 14.8 Å². The van der Waals surface area contributed by atoms with Crippen LogP contribution in [0.2, 0.25) is 0 Å². The van der Waals surface area contributed by atoms with Gasteiger partial charge in [-0.15, -0.1) is 0 Å². The monoisotopic (exact) mass is 602 g/mol. The number of pyridine rings is 3. The van der Waals surface area contributed by atoms with E-state index in [0.29, 0.717) is 28.0 Å². The number of amides is 1. The summed E-state index contributed by atoms with van der Waals surface area (Å²) in [6.45, 7) is -0.457. The molecular weight excluding hydrogens is 580 g/mol. The Morgan fingerprint density at radius 2 is 1.88 bits per heavy atom. The summed E-state index contributed by atoms with van der Waals surface area (Å²) in [4.78, 5) is 25.4. The molecule has 1 aliphatic heterocycles. The highest BCUT2D eigenvalue weighted by atomic mass is 32.2. The van der Waals surface area contributed by atoms with Crippen molar-refractivity contribution in [3.8, 4) is 22.9 Å². The first kappa shape index (κ1) is 27.8. The van der Waals surface area contributed by atoms with Gasteiger partial charge in [-0.3, -0.25) is 9.78 Å². The fraction of sp³-hybridized carbons (Fsp3) is 0.286. The SMILES string of the molecule is COc1ccc(-c2ccc3cnc(CNC(=O)c4cc(F)c5c(c4)S(=O)(=O)[C@@H](F)CCO5)cc3n2)nc1[C@H]1CC1(F)F. The van der Waals surface area contributed by atoms with Crippen molar-refractivity contribution in [3.05, 3.63) is 71.4 Å². The van der Waals surface area contributed by atoms with E-state index in [1.807, 2.05) is 0 Å². The fourth-order valence-corrected chi connectivity index (χ4v) is 6.09. The van der Waals surface area contributed by atoms with Crippen molar-refractivity contribution in [2.24, 2.45) is 0 Å². The van der Waals surface area contributed by atoms with Crippen molar-refractivity contribution in [1.82, 2.24) is 20.3 Å². The summed E-state index contributed by atoms with van der Waals surface area (Å²) in [6.07, 6.45) is 0.760. The summed E-state index contributed by atoms with van der Waals surface area (Å²) in [7, 11) is -3.16. The predicted octanol–water partition coefficient (Wildman–Crippen LogP) is 4.74. The van der Waals surface area contributed by atoms with Crippen LogP contribution in [0.5, 0.6) is 11.5 Å². The van der Waals surface area contributed by atoms with Gasteiger partial charge in [0.15, 0.2) is 11.6 Å². The number of carbonyl (C=O) groups is 1. The number of ether oxygens (including phenoxy) is 2. The number of aromatic nitrogens is 3. The Morgan fingerprint density at radius 3 is 2.62 bits per heavy atom. The maximum atomic E-state index is 14.6. The van der Waals surface area contributed by atoms with Crippen molar-refractivity contribution >= 4 is 26.6 Å². The van der Waals surface area contributed by atoms with Crippen LogP contribution in [-0.4, -0.2) is 54.4 Å². The number of halogens is 4. The maximum absolute atomic E-state index is 14.6. The number of nitrogens with one attached hydrogen (secondary N) is 1. The summed E-state index contributed by atoms with van der Waals surface area (Å²) >= 11 is 0. The predicted molar refractivity (Wildman–Crippen MR) is 141 cm³/mol. The molecule has 0 bridgehead atoms. The standard InChI is InChI=1S/C28H22F4N4O5S/c1-40-22-5-4-20(36-25(22)17-11-28(17,31)32)19-3-2-14-12-33-16(10-21(14)35-19)13-34-27(37)15-8-18(29)26-23(9-15)42(38,39)24(30)6-7-41-26/h2-5,8-10,12,17,24H,6-7,11,13H2,1H3,(H,34,37)/t17-,24-/m1/s1. The number of sulfone groups is 1. The van der Waals surface area contributed by atoms with E-state index >= 15 is 0 Å². The molecule has 2 aliphatic rings. The molecule has 1 saturated carbocycles. The van der Waals surface area contributed by atoms with Gasteiger partial charge in [-0.1, -0.05) is 0 Å². The molecular formula is C28H22F4N4O5S. The second-order valence-corrected chi connectivity index (χ2v) is 12.0. The van der Waals surface area contributed by atoms with E-state index in [4.69, 9.17) is 9.47 Å². The molecule has 14 heteroatoms. The summed E-state index contributed by atoms with van der Waals surface area (Å²) in [5.74, 6) is -6.12. The van der Waals surface area contributed by atoms with Crippen LogP contribution < -0.4 is 14.8 Å². The number of rotatable bonds is 6. The van der Waals surface area contributed by atoms with E-state index in [9.17, 15) is 30.8 Å². The number of carbonyl (C=O) groups excluding carboxylic acids is 1. The summed E-state index contributed by atoms with van der Waals surface area (Å²) in [6, 6.07) is 9.92. The minimum atomic E-state index is -4.55. The normalized spacial score (nSPS) is 20.2. The number of benzene rings is 1. The Bertz CT molecular complexity index is 1850. The van der Waals surface area contributed by atoms with Crippen LogP contribution >= 0.6 is 0 Å². The van der Waals surface area contributed by atoms with Gasteiger partial charge in [-0.05, 0) is 42.5 Å². The average Bonchev–Trinajstić information content (AvgIpc) is 3.64. The smallest absolute Gasteiger partial charge is 0.257 e.